The molecule has 174 valence electrons. The molecule has 0 aromatic rings. The van der Waals surface area contributed by atoms with Crippen LogP contribution in [0, 0.1) is 5.92 Å². The summed E-state index contributed by atoms with van der Waals surface area (Å²) in [6.45, 7) is 14.1. The highest BCUT2D eigenvalue weighted by Crippen LogP contribution is 2.20. The highest BCUT2D eigenvalue weighted by Gasteiger charge is 2.31. The van der Waals surface area contributed by atoms with Gasteiger partial charge in [-0.25, -0.2) is 4.79 Å². The third-order valence-corrected chi connectivity index (χ3v) is 6.05. The van der Waals surface area contributed by atoms with Crippen molar-refractivity contribution in [2.75, 3.05) is 66.1 Å². The summed E-state index contributed by atoms with van der Waals surface area (Å²) in [7, 11) is 1.87. The van der Waals surface area contributed by atoms with Gasteiger partial charge in [-0.05, 0) is 46.0 Å². The summed E-state index contributed by atoms with van der Waals surface area (Å²) in [6, 6.07) is 0.606. The Kier molecular flexibility index (Phi) is 9.93. The second-order valence-corrected chi connectivity index (χ2v) is 9.38. The fourth-order valence-corrected chi connectivity index (χ4v) is 4.39. The minimum absolute atomic E-state index is 0. The molecule has 8 nitrogen and oxygen atoms in total. The summed E-state index contributed by atoms with van der Waals surface area (Å²) < 4.78 is 11.0. The Morgan fingerprint density at radius 2 is 1.70 bits per heavy atom. The van der Waals surface area contributed by atoms with Gasteiger partial charge in [0.1, 0.15) is 5.60 Å². The molecule has 0 spiro atoms. The molecule has 3 saturated heterocycles. The van der Waals surface area contributed by atoms with Crippen LogP contribution in [0.25, 0.3) is 0 Å². The molecule has 1 N–H and O–H groups in total. The van der Waals surface area contributed by atoms with Gasteiger partial charge in [-0.1, -0.05) is 0 Å². The molecule has 0 aliphatic carbocycles. The third-order valence-electron chi connectivity index (χ3n) is 6.05. The molecular weight excluding hydrogens is 497 g/mol. The number of piperidine rings is 1. The summed E-state index contributed by atoms with van der Waals surface area (Å²) in [5.74, 6) is 1.57. The Morgan fingerprint density at radius 3 is 2.30 bits per heavy atom. The van der Waals surface area contributed by atoms with Crippen molar-refractivity contribution in [2.45, 2.75) is 51.7 Å². The van der Waals surface area contributed by atoms with Crippen LogP contribution in [0.1, 0.15) is 40.0 Å². The average molecular weight is 537 g/mol. The van der Waals surface area contributed by atoms with Gasteiger partial charge >= 0.3 is 6.09 Å². The van der Waals surface area contributed by atoms with Gasteiger partial charge in [0.25, 0.3) is 0 Å². The molecule has 3 rings (SSSR count). The van der Waals surface area contributed by atoms with Crippen LogP contribution in [0.2, 0.25) is 0 Å². The van der Waals surface area contributed by atoms with Crippen LogP contribution in [-0.2, 0) is 9.47 Å². The Hall–Kier alpha value is -0.810. The van der Waals surface area contributed by atoms with E-state index in [9.17, 15) is 4.79 Å². The first kappa shape index (κ1) is 25.5. The van der Waals surface area contributed by atoms with Crippen LogP contribution in [0.4, 0.5) is 4.79 Å². The maximum atomic E-state index is 12.2. The lowest BCUT2D eigenvalue weighted by atomic mass is 9.97. The Labute approximate surface area is 198 Å². The molecule has 0 radical (unpaired) electrons. The predicted octanol–water partition coefficient (Wildman–Crippen LogP) is 2.23. The Bertz CT molecular complexity index is 569. The molecule has 1 amide bonds. The van der Waals surface area contributed by atoms with Gasteiger partial charge in [0.05, 0.1) is 13.2 Å². The highest BCUT2D eigenvalue weighted by atomic mass is 127. The molecule has 30 heavy (non-hydrogen) atoms. The monoisotopic (exact) mass is 537 g/mol. The number of morpholine rings is 1. The number of hydrogen-bond donors (Lipinski definition) is 1. The van der Waals surface area contributed by atoms with Crippen LogP contribution in [0.15, 0.2) is 4.99 Å². The number of hydrogen-bond acceptors (Lipinski definition) is 5. The Balaban J connectivity index is 0.00000320. The van der Waals surface area contributed by atoms with Crippen molar-refractivity contribution in [1.29, 1.82) is 0 Å². The lowest BCUT2D eigenvalue weighted by Gasteiger charge is -2.34. The van der Waals surface area contributed by atoms with E-state index in [0.29, 0.717) is 12.0 Å². The minimum atomic E-state index is -0.434. The number of carbonyl (C=O) groups excluding carboxylic acids is 1. The van der Waals surface area contributed by atoms with Gasteiger partial charge in [-0.2, -0.15) is 0 Å². The normalized spacial score (nSPS) is 24.5. The summed E-state index contributed by atoms with van der Waals surface area (Å²) in [6.07, 6.45) is 3.00. The van der Waals surface area contributed by atoms with Crippen LogP contribution in [0.3, 0.4) is 0 Å². The molecular formula is C21H40IN5O3. The molecule has 1 atom stereocenters. The number of halogens is 1. The van der Waals surface area contributed by atoms with Gasteiger partial charge in [0, 0.05) is 58.9 Å². The molecule has 0 aromatic heterocycles. The van der Waals surface area contributed by atoms with Gasteiger partial charge in [-0.15, -0.1) is 24.0 Å². The van der Waals surface area contributed by atoms with Gasteiger partial charge in [0.2, 0.25) is 0 Å². The largest absolute Gasteiger partial charge is 0.444 e. The van der Waals surface area contributed by atoms with Gasteiger partial charge < -0.3 is 24.6 Å². The van der Waals surface area contributed by atoms with E-state index in [-0.39, 0.29) is 30.1 Å². The second-order valence-electron chi connectivity index (χ2n) is 9.38. The SMILES string of the molecule is CN=C(NCC1CCN(C(=O)OC(C)(C)C)CC1)N1CCC(N2CCOCC2)C1.I. The van der Waals surface area contributed by atoms with E-state index in [0.717, 1.165) is 77.8 Å². The van der Waals surface area contributed by atoms with Crippen LogP contribution in [0.5, 0.6) is 0 Å². The van der Waals surface area contributed by atoms with Crippen molar-refractivity contribution in [3.8, 4) is 0 Å². The van der Waals surface area contributed by atoms with E-state index < -0.39 is 5.60 Å². The van der Waals surface area contributed by atoms with Crippen LogP contribution >= 0.6 is 24.0 Å². The zero-order valence-electron chi connectivity index (χ0n) is 19.1. The lowest BCUT2D eigenvalue weighted by Crippen LogP contribution is -2.48. The molecule has 3 fully saturated rings. The zero-order chi connectivity index (χ0) is 20.9. The van der Waals surface area contributed by atoms with Crippen molar-refractivity contribution >= 4 is 36.0 Å². The van der Waals surface area contributed by atoms with Crippen molar-refractivity contribution in [3.05, 3.63) is 0 Å². The first-order valence-electron chi connectivity index (χ1n) is 11.1. The number of carbonyl (C=O) groups is 1. The molecule has 3 aliphatic heterocycles. The first-order chi connectivity index (χ1) is 13.9. The maximum absolute atomic E-state index is 12.2. The van der Waals surface area contributed by atoms with Gasteiger partial charge in [0.15, 0.2) is 5.96 Å². The molecule has 9 heteroatoms. The molecule has 3 aliphatic rings. The van der Waals surface area contributed by atoms with Crippen molar-refractivity contribution in [3.63, 3.8) is 0 Å². The van der Waals surface area contributed by atoms with E-state index in [4.69, 9.17) is 9.47 Å². The zero-order valence-corrected chi connectivity index (χ0v) is 21.4. The fourth-order valence-electron chi connectivity index (χ4n) is 4.39. The number of rotatable bonds is 3. The number of amides is 1. The summed E-state index contributed by atoms with van der Waals surface area (Å²) in [5, 5.41) is 3.58. The third kappa shape index (κ3) is 7.40. The average Bonchev–Trinajstić information content (AvgIpc) is 3.18. The fraction of sp³-hybridized carbons (Fsp3) is 0.905. The van der Waals surface area contributed by atoms with Gasteiger partial charge in [-0.3, -0.25) is 9.89 Å². The van der Waals surface area contributed by atoms with E-state index in [2.05, 4.69) is 20.1 Å². The van der Waals surface area contributed by atoms with E-state index in [1.807, 2.05) is 32.7 Å². The number of likely N-dealkylation sites (tertiary alicyclic amines) is 2. The molecule has 0 aromatic carbocycles. The molecule has 0 bridgehead atoms. The Morgan fingerprint density at radius 1 is 1.07 bits per heavy atom. The number of nitrogens with one attached hydrogen (secondary N) is 1. The van der Waals surface area contributed by atoms with Crippen molar-refractivity contribution in [1.82, 2.24) is 20.0 Å². The summed E-state index contributed by atoms with van der Waals surface area (Å²) in [4.78, 5) is 23.5. The quantitative estimate of drug-likeness (QED) is 0.339. The topological polar surface area (TPSA) is 69.6 Å². The minimum Gasteiger partial charge on any atom is -0.444 e. The second kappa shape index (κ2) is 11.7. The smallest absolute Gasteiger partial charge is 0.410 e. The molecule has 3 heterocycles. The van der Waals surface area contributed by atoms with Crippen molar-refractivity contribution < 1.29 is 14.3 Å². The molecule has 0 saturated carbocycles. The van der Waals surface area contributed by atoms with Crippen LogP contribution in [-0.4, -0.2) is 104 Å². The maximum Gasteiger partial charge on any atom is 0.410 e. The van der Waals surface area contributed by atoms with E-state index >= 15 is 0 Å². The predicted molar refractivity (Wildman–Crippen MR) is 130 cm³/mol. The van der Waals surface area contributed by atoms with Crippen molar-refractivity contribution in [2.24, 2.45) is 10.9 Å². The number of nitrogens with zero attached hydrogens (tertiary/aromatic N) is 4. The lowest BCUT2D eigenvalue weighted by molar-refractivity contribution is 0.0183. The summed E-state index contributed by atoms with van der Waals surface area (Å²) >= 11 is 0. The number of ether oxygens (including phenoxy) is 2. The molecule has 1 unspecified atom stereocenters. The standard InChI is InChI=1S/C21H39N5O3.HI/c1-21(2,3)29-20(27)25-8-5-17(6-9-25)15-23-19(22-4)26-10-7-18(16-26)24-11-13-28-14-12-24;/h17-18H,5-16H2,1-4H3,(H,22,23);1H. The summed E-state index contributed by atoms with van der Waals surface area (Å²) in [5.41, 5.74) is -0.434. The van der Waals surface area contributed by atoms with Crippen LogP contribution < -0.4 is 5.32 Å². The number of guanidine groups is 1. The van der Waals surface area contributed by atoms with E-state index in [1.165, 1.54) is 6.42 Å². The van der Waals surface area contributed by atoms with E-state index in [1.54, 1.807) is 0 Å². The highest BCUT2D eigenvalue weighted by molar-refractivity contribution is 14.0. The number of aliphatic imine (C=N–C) groups is 1. The first-order valence-corrected chi connectivity index (χ1v) is 11.1.